The van der Waals surface area contributed by atoms with Gasteiger partial charge < -0.3 is 19.8 Å². The number of anilines is 2. The lowest BCUT2D eigenvalue weighted by Crippen LogP contribution is -2.43. The minimum Gasteiger partial charge on any atom is -0.476 e. The number of carbonyl (C=O) groups excluding carboxylic acids is 2. The van der Waals surface area contributed by atoms with Gasteiger partial charge in [0.2, 0.25) is 5.78 Å². The molecule has 2 aliphatic rings. The van der Waals surface area contributed by atoms with E-state index in [-0.39, 0.29) is 28.3 Å². The number of thiazole rings is 1. The van der Waals surface area contributed by atoms with Gasteiger partial charge in [-0.15, -0.1) is 0 Å². The highest BCUT2D eigenvalue weighted by Gasteiger charge is 2.45. The first-order chi connectivity index (χ1) is 22.3. The number of aliphatic hydroxyl groups is 1. The number of hydrogen-bond acceptors (Lipinski definition) is 9. The normalized spacial score (nSPS) is 17.2. The number of Topliss-reactive ketones (excluding diaryl/α,β-unsaturated/α-hetero) is 1. The number of allylic oxidation sites excluding steroid dienone is 2. The number of ketones is 1. The van der Waals surface area contributed by atoms with Gasteiger partial charge in [-0.3, -0.25) is 14.9 Å². The van der Waals surface area contributed by atoms with Crippen molar-refractivity contribution in [1.82, 2.24) is 9.97 Å². The molecular weight excluding hydrogens is 604 g/mol. The van der Waals surface area contributed by atoms with E-state index in [0.29, 0.717) is 36.0 Å². The number of nitrogens with one attached hydrogen (secondary N) is 1. The van der Waals surface area contributed by atoms with Crippen molar-refractivity contribution >= 4 is 55.7 Å². The van der Waals surface area contributed by atoms with Gasteiger partial charge in [-0.25, -0.2) is 14.8 Å². The second kappa shape index (κ2) is 11.7. The lowest BCUT2D eigenvalue weighted by Gasteiger charge is -2.33. The number of carboxylic acid groups (broad SMARTS) is 1. The number of amides is 1. The third kappa shape index (κ3) is 5.21. The second-order valence-corrected chi connectivity index (χ2v) is 11.8. The average molecular weight is 631 g/mol. The maximum absolute atomic E-state index is 13.5. The Morgan fingerprint density at radius 1 is 0.935 bits per heavy atom. The highest BCUT2D eigenvalue weighted by Crippen LogP contribution is 2.37. The molecule has 11 heteroatoms. The van der Waals surface area contributed by atoms with Gasteiger partial charge in [-0.05, 0) is 60.0 Å². The van der Waals surface area contributed by atoms with Crippen LogP contribution in [-0.4, -0.2) is 50.2 Å². The number of aromatic nitrogens is 2. The molecule has 3 aromatic carbocycles. The fourth-order valence-electron chi connectivity index (χ4n) is 5.77. The van der Waals surface area contributed by atoms with Gasteiger partial charge in [0.1, 0.15) is 5.82 Å². The molecule has 2 aliphatic heterocycles. The average Bonchev–Trinajstić information content (AvgIpc) is 3.50. The molecule has 0 radical (unpaired) electrons. The molecule has 228 valence electrons. The summed E-state index contributed by atoms with van der Waals surface area (Å²) >= 11 is 1.40. The van der Waals surface area contributed by atoms with E-state index in [0.717, 1.165) is 21.3 Å². The zero-order valence-electron chi connectivity index (χ0n) is 24.2. The lowest BCUT2D eigenvalue weighted by molar-refractivity contribution is -0.0844. The number of fused-ring (bicyclic) bond motifs is 2. The number of nitrogens with zero attached hydrogens (tertiary/aromatic N) is 3. The Labute approximate surface area is 266 Å². The highest BCUT2D eigenvalue weighted by molar-refractivity contribution is 7.22. The number of ether oxygens (including phenoxy) is 1. The summed E-state index contributed by atoms with van der Waals surface area (Å²) in [6, 6.07) is 24.6. The van der Waals surface area contributed by atoms with Gasteiger partial charge in [0.15, 0.2) is 10.8 Å². The van der Waals surface area contributed by atoms with Crippen LogP contribution in [0.25, 0.3) is 15.8 Å². The predicted octanol–water partition coefficient (Wildman–Crippen LogP) is 5.70. The molecule has 10 nitrogen and oxygen atoms in total. The predicted molar refractivity (Wildman–Crippen MR) is 174 cm³/mol. The number of para-hydroxylation sites is 1. The van der Waals surface area contributed by atoms with Crippen LogP contribution in [0.4, 0.5) is 10.9 Å². The van der Waals surface area contributed by atoms with Crippen LogP contribution in [0.2, 0.25) is 0 Å². The number of rotatable bonds is 7. The lowest BCUT2D eigenvalue weighted by atomic mass is 9.88. The van der Waals surface area contributed by atoms with E-state index in [2.05, 4.69) is 15.3 Å². The first kappa shape index (κ1) is 29.1. The van der Waals surface area contributed by atoms with E-state index in [1.54, 1.807) is 42.5 Å². The Kier molecular flexibility index (Phi) is 7.39. The number of hydrogen-bond donors (Lipinski definition) is 3. The smallest absolute Gasteiger partial charge is 0.355 e. The van der Waals surface area contributed by atoms with Crippen LogP contribution in [-0.2, 0) is 17.7 Å². The summed E-state index contributed by atoms with van der Waals surface area (Å²) < 4.78 is 6.42. The van der Waals surface area contributed by atoms with Crippen LogP contribution in [0.15, 0.2) is 103 Å². The third-order valence-corrected chi connectivity index (χ3v) is 8.97. The molecule has 0 fully saturated rings. The number of carbonyl (C=O) groups is 3. The summed E-state index contributed by atoms with van der Waals surface area (Å²) in [6.45, 7) is 0.849. The number of aromatic carboxylic acids is 1. The van der Waals surface area contributed by atoms with Gasteiger partial charge >= 0.3 is 5.97 Å². The van der Waals surface area contributed by atoms with E-state index < -0.39 is 17.5 Å². The van der Waals surface area contributed by atoms with Crippen molar-refractivity contribution in [1.29, 1.82) is 0 Å². The molecule has 3 N–H and O–H groups in total. The molecule has 4 heterocycles. The first-order valence-electron chi connectivity index (χ1n) is 14.5. The molecular formula is C35H26N4O6S. The van der Waals surface area contributed by atoms with Crippen LogP contribution >= 0.6 is 11.3 Å². The van der Waals surface area contributed by atoms with E-state index in [4.69, 9.17) is 4.74 Å². The summed E-state index contributed by atoms with van der Waals surface area (Å²) in [6.07, 6.45) is 4.71. The summed E-state index contributed by atoms with van der Waals surface area (Å²) in [4.78, 5) is 50.3. The minimum atomic E-state index is -2.46. The van der Waals surface area contributed by atoms with Crippen LogP contribution in [0, 0.1) is 0 Å². The van der Waals surface area contributed by atoms with Crippen molar-refractivity contribution in [2.24, 2.45) is 0 Å². The topological polar surface area (TPSA) is 142 Å². The van der Waals surface area contributed by atoms with Gasteiger partial charge in [-0.1, -0.05) is 65.9 Å². The van der Waals surface area contributed by atoms with Gasteiger partial charge in [0.05, 0.1) is 16.5 Å². The molecule has 5 aromatic rings. The molecule has 0 aliphatic carbocycles. The van der Waals surface area contributed by atoms with Crippen LogP contribution in [0.5, 0.6) is 0 Å². The Bertz CT molecular complexity index is 2060. The molecule has 1 amide bonds. The fourth-order valence-corrected chi connectivity index (χ4v) is 6.63. The molecule has 1 unspecified atom stereocenters. The quantitative estimate of drug-likeness (QED) is 0.193. The summed E-state index contributed by atoms with van der Waals surface area (Å²) in [7, 11) is 0. The SMILES string of the molecule is O=C(Nc1nc2ccccc2s1)c1cccc2c1CN(c1ccc(C3=CC=COC3(O)C(=O)c3ccccc3)c(C(=O)O)n1)CC2. The Morgan fingerprint density at radius 2 is 1.74 bits per heavy atom. The molecule has 0 spiro atoms. The van der Waals surface area contributed by atoms with Crippen molar-refractivity contribution < 1.29 is 29.3 Å². The van der Waals surface area contributed by atoms with Crippen molar-refractivity contribution in [2.75, 3.05) is 16.8 Å². The molecule has 0 saturated carbocycles. The van der Waals surface area contributed by atoms with E-state index >= 15 is 0 Å². The summed E-state index contributed by atoms with van der Waals surface area (Å²) in [5.74, 6) is -4.45. The zero-order valence-corrected chi connectivity index (χ0v) is 25.0. The number of carboxylic acids is 1. The largest absolute Gasteiger partial charge is 0.476 e. The molecule has 46 heavy (non-hydrogen) atoms. The first-order valence-corrected chi connectivity index (χ1v) is 15.3. The molecule has 1 atom stereocenters. The second-order valence-electron chi connectivity index (χ2n) is 10.8. The summed E-state index contributed by atoms with van der Waals surface area (Å²) in [5, 5.41) is 25.2. The molecule has 2 aromatic heterocycles. The van der Waals surface area contributed by atoms with Crippen molar-refractivity contribution in [3.63, 3.8) is 0 Å². The van der Waals surface area contributed by atoms with Crippen molar-refractivity contribution in [3.8, 4) is 0 Å². The van der Waals surface area contributed by atoms with Gasteiger partial charge in [-0.2, -0.15) is 0 Å². The van der Waals surface area contributed by atoms with Gasteiger partial charge in [0, 0.05) is 35.4 Å². The van der Waals surface area contributed by atoms with E-state index in [1.165, 1.54) is 35.8 Å². The van der Waals surface area contributed by atoms with Crippen molar-refractivity contribution in [2.45, 2.75) is 18.8 Å². The third-order valence-electron chi connectivity index (χ3n) is 8.02. The molecule has 0 saturated heterocycles. The van der Waals surface area contributed by atoms with E-state index in [9.17, 15) is 24.6 Å². The molecule has 0 bridgehead atoms. The number of benzene rings is 3. The zero-order chi connectivity index (χ0) is 31.8. The van der Waals surface area contributed by atoms with Crippen LogP contribution in [0.1, 0.15) is 47.9 Å². The highest BCUT2D eigenvalue weighted by atomic mass is 32.1. The maximum Gasteiger partial charge on any atom is 0.355 e. The molecule has 7 rings (SSSR count). The van der Waals surface area contributed by atoms with Crippen LogP contribution < -0.4 is 10.2 Å². The minimum absolute atomic E-state index is 0.0423. The Morgan fingerprint density at radius 3 is 2.54 bits per heavy atom. The van der Waals surface area contributed by atoms with Crippen LogP contribution in [0.3, 0.4) is 0 Å². The number of pyridine rings is 1. The maximum atomic E-state index is 13.5. The standard InChI is InChI=1S/C35H26N4O6S/c40-31(22-8-2-1-3-9-22)35(44)26(12-7-19-45-35)24-15-16-29(37-30(24)33(42)43)39-18-17-21-10-6-11-23(25(21)20-39)32(41)38-34-36-27-13-4-5-14-28(27)46-34/h1-16,19,44H,17-18,20H2,(H,42,43)(H,36,38,41). The fraction of sp³-hybridized carbons (Fsp3) is 0.114. The Hall–Kier alpha value is -5.65. The monoisotopic (exact) mass is 630 g/mol. The Balaban J connectivity index is 1.19. The van der Waals surface area contributed by atoms with Crippen molar-refractivity contribution in [3.05, 3.63) is 137 Å². The van der Waals surface area contributed by atoms with E-state index in [1.807, 2.05) is 41.3 Å². The van der Waals surface area contributed by atoms with Gasteiger partial charge in [0.25, 0.3) is 11.7 Å². The summed E-state index contributed by atoms with van der Waals surface area (Å²) in [5.41, 5.74) is 2.98.